The number of hydrogen-bond acceptors (Lipinski definition) is 6. The zero-order valence-electron chi connectivity index (χ0n) is 17.9. The Morgan fingerprint density at radius 1 is 1.24 bits per heavy atom. The zero-order valence-corrected chi connectivity index (χ0v) is 17.9. The van der Waals surface area contributed by atoms with E-state index in [1.807, 2.05) is 0 Å². The lowest BCUT2D eigenvalue weighted by Gasteiger charge is -2.19. The summed E-state index contributed by atoms with van der Waals surface area (Å²) in [6.07, 6.45) is -3.71. The van der Waals surface area contributed by atoms with Gasteiger partial charge in [-0.2, -0.15) is 14.0 Å². The zero-order chi connectivity index (χ0) is 25.4. The van der Waals surface area contributed by atoms with Crippen LogP contribution in [-0.4, -0.2) is 25.9 Å². The van der Waals surface area contributed by atoms with E-state index in [-0.39, 0.29) is 22.6 Å². The van der Waals surface area contributed by atoms with Crippen molar-refractivity contribution in [1.29, 1.82) is 5.26 Å². The van der Waals surface area contributed by atoms with Crippen molar-refractivity contribution in [3.63, 3.8) is 0 Å². The van der Waals surface area contributed by atoms with Gasteiger partial charge in [-0.3, -0.25) is 14.2 Å². The summed E-state index contributed by atoms with van der Waals surface area (Å²) in [6.45, 7) is 3.91. The van der Waals surface area contributed by atoms with Crippen molar-refractivity contribution in [2.75, 3.05) is 0 Å². The van der Waals surface area contributed by atoms with Crippen LogP contribution in [0.4, 0.5) is 22.0 Å². The van der Waals surface area contributed by atoms with Gasteiger partial charge in [-0.05, 0) is 38.5 Å². The van der Waals surface area contributed by atoms with Gasteiger partial charge in [0.25, 0.3) is 11.1 Å². The van der Waals surface area contributed by atoms with E-state index in [0.717, 1.165) is 12.1 Å². The molecule has 2 heterocycles. The third kappa shape index (κ3) is 4.52. The van der Waals surface area contributed by atoms with E-state index < -0.39 is 58.6 Å². The summed E-state index contributed by atoms with van der Waals surface area (Å²) < 4.78 is 74.9. The minimum atomic E-state index is -4.93. The summed E-state index contributed by atoms with van der Waals surface area (Å²) in [5, 5.41) is 9.04. The molecule has 2 aromatic heterocycles. The largest absolute Gasteiger partial charge is 0.446 e. The number of nitrogens with one attached hydrogen (secondary N) is 1. The first-order valence-corrected chi connectivity index (χ1v) is 9.57. The predicted octanol–water partition coefficient (Wildman–Crippen LogP) is 3.46. The van der Waals surface area contributed by atoms with Crippen molar-refractivity contribution in [2.24, 2.45) is 0 Å². The van der Waals surface area contributed by atoms with Crippen molar-refractivity contribution < 1.29 is 26.7 Å². The van der Waals surface area contributed by atoms with E-state index >= 15 is 0 Å². The molecule has 0 spiro atoms. The van der Waals surface area contributed by atoms with Gasteiger partial charge < -0.3 is 9.72 Å². The maximum Gasteiger partial charge on any atom is 0.352 e. The Bertz CT molecular complexity index is 1430. The minimum Gasteiger partial charge on any atom is -0.446 e. The van der Waals surface area contributed by atoms with E-state index in [1.54, 1.807) is 0 Å². The molecule has 3 aromatic rings. The number of nitriles is 1. The molecule has 0 aliphatic carbocycles. The summed E-state index contributed by atoms with van der Waals surface area (Å²) in [4.78, 5) is 35.0. The van der Waals surface area contributed by atoms with Gasteiger partial charge in [0, 0.05) is 5.69 Å². The van der Waals surface area contributed by atoms with Crippen LogP contribution in [0, 0.1) is 37.9 Å². The number of nitrogens with zero attached hydrogens (tertiary/aromatic N) is 4. The maximum absolute atomic E-state index is 14.6. The number of aromatic nitrogens is 4. The van der Waals surface area contributed by atoms with E-state index in [9.17, 15) is 31.5 Å². The van der Waals surface area contributed by atoms with Gasteiger partial charge >= 0.3 is 12.3 Å². The fraction of sp³-hybridized carbons (Fsp3) is 0.286. The van der Waals surface area contributed by atoms with Crippen LogP contribution in [0.2, 0.25) is 0 Å². The van der Waals surface area contributed by atoms with Crippen molar-refractivity contribution in [3.8, 4) is 17.6 Å². The number of H-pyrrole nitrogens is 1. The molecule has 0 aliphatic heterocycles. The molecule has 1 aromatic carbocycles. The summed E-state index contributed by atoms with van der Waals surface area (Å²) >= 11 is 0. The molecule has 8 nitrogen and oxygen atoms in total. The number of aromatic amines is 1. The van der Waals surface area contributed by atoms with Crippen molar-refractivity contribution in [3.05, 3.63) is 78.9 Å². The van der Waals surface area contributed by atoms with Crippen LogP contribution in [-0.2, 0) is 12.5 Å². The van der Waals surface area contributed by atoms with Gasteiger partial charge in [0.05, 0.1) is 24.0 Å². The Morgan fingerprint density at radius 3 is 2.50 bits per heavy atom. The van der Waals surface area contributed by atoms with Gasteiger partial charge in [0.15, 0.2) is 17.3 Å². The lowest BCUT2D eigenvalue weighted by Crippen LogP contribution is -2.33. The molecular weight excluding hydrogens is 465 g/mol. The smallest absolute Gasteiger partial charge is 0.352 e. The highest BCUT2D eigenvalue weighted by atomic mass is 19.3. The Labute approximate surface area is 188 Å². The topological polar surface area (TPSA) is 114 Å². The van der Waals surface area contributed by atoms with E-state index in [1.165, 1.54) is 26.8 Å². The second kappa shape index (κ2) is 9.05. The molecule has 178 valence electrons. The molecule has 0 saturated carbocycles. The van der Waals surface area contributed by atoms with Crippen molar-refractivity contribution in [2.45, 2.75) is 39.7 Å². The number of ether oxygens (including phenoxy) is 1. The highest BCUT2D eigenvalue weighted by Crippen LogP contribution is 2.39. The highest BCUT2D eigenvalue weighted by molar-refractivity contribution is 5.45. The summed E-state index contributed by atoms with van der Waals surface area (Å²) in [7, 11) is 0. The lowest BCUT2D eigenvalue weighted by molar-refractivity contribution is -0.139. The minimum absolute atomic E-state index is 0.0256. The van der Waals surface area contributed by atoms with E-state index in [2.05, 4.69) is 15.0 Å². The summed E-state index contributed by atoms with van der Waals surface area (Å²) in [6, 6.07) is 3.67. The van der Waals surface area contributed by atoms with Gasteiger partial charge in [-0.1, -0.05) is 0 Å². The molecule has 13 heteroatoms. The molecule has 0 radical (unpaired) electrons. The Kier molecular flexibility index (Phi) is 6.53. The molecule has 0 unspecified atom stereocenters. The molecule has 0 fully saturated rings. The maximum atomic E-state index is 14.6. The molecule has 0 saturated heterocycles. The molecule has 0 bridgehead atoms. The van der Waals surface area contributed by atoms with Crippen LogP contribution < -0.4 is 15.9 Å². The standard InChI is InChI=1S/C21H16F5N5O3/c1-9-4-12(6-27)15(22)14(5-9)34-16-17(21(25,26)20(23)24)28-8-31(19(16)33)7-13-10(2)29-11(3)30-18(13)32/h4-5,8,20H,7H2,1-3H3,(H,29,30,32). The van der Waals surface area contributed by atoms with Crippen LogP contribution in [0.1, 0.15) is 33.9 Å². The molecule has 0 amide bonds. The highest BCUT2D eigenvalue weighted by Gasteiger charge is 2.48. The first-order chi connectivity index (χ1) is 15.9. The predicted molar refractivity (Wildman–Crippen MR) is 108 cm³/mol. The first kappa shape index (κ1) is 24.6. The van der Waals surface area contributed by atoms with Crippen LogP contribution >= 0.6 is 0 Å². The van der Waals surface area contributed by atoms with Crippen LogP contribution in [0.5, 0.6) is 11.5 Å². The summed E-state index contributed by atoms with van der Waals surface area (Å²) in [5.74, 6) is -8.12. The van der Waals surface area contributed by atoms with Gasteiger partial charge in [0.1, 0.15) is 11.9 Å². The van der Waals surface area contributed by atoms with Gasteiger partial charge in [0.2, 0.25) is 5.75 Å². The van der Waals surface area contributed by atoms with Crippen LogP contribution in [0.3, 0.4) is 0 Å². The lowest BCUT2D eigenvalue weighted by atomic mass is 10.1. The number of alkyl halides is 4. The molecular formula is C21H16F5N5O3. The van der Waals surface area contributed by atoms with Crippen LogP contribution in [0.15, 0.2) is 28.0 Å². The normalized spacial score (nSPS) is 11.5. The average molecular weight is 481 g/mol. The average Bonchev–Trinajstić information content (AvgIpc) is 2.74. The van der Waals surface area contributed by atoms with Gasteiger partial charge in [-0.15, -0.1) is 0 Å². The second-order valence-electron chi connectivity index (χ2n) is 7.33. The molecule has 0 aliphatic rings. The van der Waals surface area contributed by atoms with Crippen molar-refractivity contribution in [1.82, 2.24) is 19.5 Å². The summed E-state index contributed by atoms with van der Waals surface area (Å²) in [5.41, 5.74) is -3.78. The Hall–Kier alpha value is -4.08. The number of benzene rings is 1. The third-order valence-electron chi connectivity index (χ3n) is 4.77. The number of aryl methyl sites for hydroxylation is 3. The van der Waals surface area contributed by atoms with Gasteiger partial charge in [-0.25, -0.2) is 23.1 Å². The number of rotatable bonds is 6. The van der Waals surface area contributed by atoms with E-state index in [4.69, 9.17) is 10.00 Å². The fourth-order valence-electron chi connectivity index (χ4n) is 3.12. The molecule has 0 atom stereocenters. The molecule has 3 rings (SSSR count). The Balaban J connectivity index is 2.23. The molecule has 34 heavy (non-hydrogen) atoms. The SMILES string of the molecule is Cc1cc(C#N)c(F)c(Oc2c(C(F)(F)C(F)F)ncn(Cc3c(C)nc(C)[nH]c3=O)c2=O)c1. The second-order valence-corrected chi connectivity index (χ2v) is 7.33. The quantitative estimate of drug-likeness (QED) is 0.540. The number of hydrogen-bond donors (Lipinski definition) is 1. The first-order valence-electron chi connectivity index (χ1n) is 9.57. The number of halogens is 5. The molecule has 1 N–H and O–H groups in total. The van der Waals surface area contributed by atoms with Crippen molar-refractivity contribution >= 4 is 0 Å². The van der Waals surface area contributed by atoms with Crippen LogP contribution in [0.25, 0.3) is 0 Å². The third-order valence-corrected chi connectivity index (χ3v) is 4.77. The monoisotopic (exact) mass is 481 g/mol. The van der Waals surface area contributed by atoms with E-state index in [0.29, 0.717) is 10.9 Å². The Morgan fingerprint density at radius 2 is 1.91 bits per heavy atom. The fourth-order valence-corrected chi connectivity index (χ4v) is 3.12.